The average Bonchev–Trinajstić information content (AvgIpc) is 2.47. The van der Waals surface area contributed by atoms with E-state index in [9.17, 15) is 14.9 Å². The number of nitrogens with zero attached hydrogens (tertiary/aromatic N) is 1. The molecule has 2 aromatic rings. The standard InChI is InChI=1S/C17H17NO3/c1-13-7-9-15(10-8-13)17(19)11-16(12-18(20)21)14-5-3-2-4-6-14/h2-10,16H,11-12H2,1H3/t16-/m0/s1. The van der Waals surface area contributed by atoms with Crippen molar-refractivity contribution in [2.45, 2.75) is 19.3 Å². The Labute approximate surface area is 123 Å². The Morgan fingerprint density at radius 3 is 2.29 bits per heavy atom. The lowest BCUT2D eigenvalue weighted by atomic mass is 9.91. The van der Waals surface area contributed by atoms with Crippen LogP contribution in [0.25, 0.3) is 0 Å². The molecule has 0 radical (unpaired) electrons. The van der Waals surface area contributed by atoms with E-state index < -0.39 is 5.92 Å². The van der Waals surface area contributed by atoms with E-state index in [0.717, 1.165) is 11.1 Å². The molecule has 0 spiro atoms. The maximum absolute atomic E-state index is 12.3. The highest BCUT2D eigenvalue weighted by Gasteiger charge is 2.21. The molecule has 0 bridgehead atoms. The van der Waals surface area contributed by atoms with E-state index in [1.54, 1.807) is 12.1 Å². The number of hydrogen-bond donors (Lipinski definition) is 0. The molecule has 4 nitrogen and oxygen atoms in total. The quantitative estimate of drug-likeness (QED) is 0.462. The molecule has 0 amide bonds. The fourth-order valence-electron chi connectivity index (χ4n) is 2.27. The van der Waals surface area contributed by atoms with Crippen LogP contribution in [0.3, 0.4) is 0 Å². The smallest absolute Gasteiger partial charge is 0.211 e. The summed E-state index contributed by atoms with van der Waals surface area (Å²) in [7, 11) is 0. The van der Waals surface area contributed by atoms with Gasteiger partial charge in [0, 0.05) is 16.9 Å². The van der Waals surface area contributed by atoms with Crippen LogP contribution in [-0.4, -0.2) is 17.3 Å². The van der Waals surface area contributed by atoms with E-state index >= 15 is 0 Å². The summed E-state index contributed by atoms with van der Waals surface area (Å²) in [6.45, 7) is 1.72. The number of ketones is 1. The number of carbonyl (C=O) groups excluding carboxylic acids is 1. The molecular formula is C17H17NO3. The van der Waals surface area contributed by atoms with Crippen LogP contribution in [-0.2, 0) is 0 Å². The van der Waals surface area contributed by atoms with Crippen LogP contribution in [0.2, 0.25) is 0 Å². The predicted octanol–water partition coefficient (Wildman–Crippen LogP) is 3.63. The Balaban J connectivity index is 2.17. The maximum Gasteiger partial charge on any atom is 0.211 e. The molecule has 1 atom stereocenters. The molecule has 0 unspecified atom stereocenters. The number of nitro groups is 1. The molecule has 108 valence electrons. The van der Waals surface area contributed by atoms with Crippen LogP contribution < -0.4 is 0 Å². The third-order valence-electron chi connectivity index (χ3n) is 3.45. The zero-order valence-electron chi connectivity index (χ0n) is 11.9. The lowest BCUT2D eigenvalue weighted by molar-refractivity contribution is -0.483. The van der Waals surface area contributed by atoms with Gasteiger partial charge in [-0.15, -0.1) is 0 Å². The monoisotopic (exact) mass is 283 g/mol. The molecule has 0 aliphatic rings. The van der Waals surface area contributed by atoms with E-state index in [-0.39, 0.29) is 23.7 Å². The van der Waals surface area contributed by atoms with Gasteiger partial charge in [-0.1, -0.05) is 60.2 Å². The molecule has 0 N–H and O–H groups in total. The fourth-order valence-corrected chi connectivity index (χ4v) is 2.27. The number of rotatable bonds is 6. The molecule has 0 heterocycles. The Bertz CT molecular complexity index is 620. The highest BCUT2D eigenvalue weighted by atomic mass is 16.6. The van der Waals surface area contributed by atoms with E-state index in [0.29, 0.717) is 5.56 Å². The Morgan fingerprint density at radius 1 is 1.10 bits per heavy atom. The Hall–Kier alpha value is -2.49. The van der Waals surface area contributed by atoms with Gasteiger partial charge in [0.1, 0.15) is 0 Å². The SMILES string of the molecule is Cc1ccc(C(=O)C[C@@H](C[N+](=O)[O-])c2ccccc2)cc1. The first kappa shape index (κ1) is 14.9. The number of aryl methyl sites for hydroxylation is 1. The largest absolute Gasteiger partial charge is 0.294 e. The van der Waals surface area contributed by atoms with Gasteiger partial charge in [-0.05, 0) is 12.5 Å². The number of carbonyl (C=O) groups is 1. The minimum Gasteiger partial charge on any atom is -0.294 e. The molecule has 21 heavy (non-hydrogen) atoms. The molecule has 4 heteroatoms. The zero-order chi connectivity index (χ0) is 15.2. The van der Waals surface area contributed by atoms with Crippen molar-refractivity contribution in [3.8, 4) is 0 Å². The first-order valence-electron chi connectivity index (χ1n) is 6.83. The van der Waals surface area contributed by atoms with Crippen LogP contribution in [0.15, 0.2) is 54.6 Å². The average molecular weight is 283 g/mol. The van der Waals surface area contributed by atoms with Crippen LogP contribution in [0.1, 0.15) is 33.8 Å². The lowest BCUT2D eigenvalue weighted by Gasteiger charge is -2.12. The summed E-state index contributed by atoms with van der Waals surface area (Å²) in [6, 6.07) is 16.5. The first-order chi connectivity index (χ1) is 10.1. The summed E-state index contributed by atoms with van der Waals surface area (Å²) in [6.07, 6.45) is 0.147. The van der Waals surface area contributed by atoms with Gasteiger partial charge in [-0.25, -0.2) is 0 Å². The van der Waals surface area contributed by atoms with Crippen molar-refractivity contribution in [1.82, 2.24) is 0 Å². The Kier molecular flexibility index (Phi) is 4.82. The summed E-state index contributed by atoms with van der Waals surface area (Å²) in [5, 5.41) is 10.8. The second-order valence-corrected chi connectivity index (χ2v) is 5.12. The number of hydrogen-bond acceptors (Lipinski definition) is 3. The van der Waals surface area contributed by atoms with E-state index in [1.165, 1.54) is 0 Å². The Morgan fingerprint density at radius 2 is 1.71 bits per heavy atom. The summed E-state index contributed by atoms with van der Waals surface area (Å²) in [4.78, 5) is 22.8. The summed E-state index contributed by atoms with van der Waals surface area (Å²) >= 11 is 0. The number of Topliss-reactive ketones (excluding diaryl/α,β-unsaturated/α-hetero) is 1. The van der Waals surface area contributed by atoms with Crippen molar-refractivity contribution in [3.63, 3.8) is 0 Å². The first-order valence-corrected chi connectivity index (χ1v) is 6.83. The van der Waals surface area contributed by atoms with Crippen molar-refractivity contribution in [3.05, 3.63) is 81.4 Å². The van der Waals surface area contributed by atoms with Crippen molar-refractivity contribution in [2.75, 3.05) is 6.54 Å². The lowest BCUT2D eigenvalue weighted by Crippen LogP contribution is -2.16. The van der Waals surface area contributed by atoms with Gasteiger partial charge in [0.15, 0.2) is 5.78 Å². The van der Waals surface area contributed by atoms with Gasteiger partial charge in [-0.3, -0.25) is 14.9 Å². The van der Waals surface area contributed by atoms with Crippen LogP contribution in [0.4, 0.5) is 0 Å². The molecule has 0 aliphatic carbocycles. The summed E-state index contributed by atoms with van der Waals surface area (Å²) in [5.41, 5.74) is 2.51. The fraction of sp³-hybridized carbons (Fsp3) is 0.235. The third-order valence-corrected chi connectivity index (χ3v) is 3.45. The van der Waals surface area contributed by atoms with Crippen molar-refractivity contribution in [1.29, 1.82) is 0 Å². The molecule has 0 fully saturated rings. The van der Waals surface area contributed by atoms with Gasteiger partial charge < -0.3 is 0 Å². The van der Waals surface area contributed by atoms with Crippen LogP contribution in [0.5, 0.6) is 0 Å². The topological polar surface area (TPSA) is 60.2 Å². The summed E-state index contributed by atoms with van der Waals surface area (Å²) in [5.74, 6) is -0.458. The molecule has 0 saturated heterocycles. The summed E-state index contributed by atoms with van der Waals surface area (Å²) < 4.78 is 0. The van der Waals surface area contributed by atoms with Gasteiger partial charge >= 0.3 is 0 Å². The molecular weight excluding hydrogens is 266 g/mol. The van der Waals surface area contributed by atoms with Gasteiger partial charge in [-0.2, -0.15) is 0 Å². The van der Waals surface area contributed by atoms with Crippen molar-refractivity contribution in [2.24, 2.45) is 0 Å². The molecule has 2 aromatic carbocycles. The van der Waals surface area contributed by atoms with Crippen molar-refractivity contribution < 1.29 is 9.72 Å². The van der Waals surface area contributed by atoms with Gasteiger partial charge in [0.05, 0.1) is 5.92 Å². The van der Waals surface area contributed by atoms with E-state index in [2.05, 4.69) is 0 Å². The molecule has 0 aliphatic heterocycles. The molecule has 0 aromatic heterocycles. The van der Waals surface area contributed by atoms with Gasteiger partial charge in [0.25, 0.3) is 0 Å². The molecule has 2 rings (SSSR count). The van der Waals surface area contributed by atoms with Crippen LogP contribution >= 0.6 is 0 Å². The van der Waals surface area contributed by atoms with Crippen LogP contribution in [0, 0.1) is 17.0 Å². The third kappa shape index (κ3) is 4.24. The second-order valence-electron chi connectivity index (χ2n) is 5.12. The normalized spacial score (nSPS) is 11.9. The minimum atomic E-state index is -0.394. The van der Waals surface area contributed by atoms with Crippen molar-refractivity contribution >= 4 is 5.78 Å². The minimum absolute atomic E-state index is 0.0642. The number of benzene rings is 2. The maximum atomic E-state index is 12.3. The zero-order valence-corrected chi connectivity index (χ0v) is 11.9. The second kappa shape index (κ2) is 6.79. The van der Waals surface area contributed by atoms with E-state index in [4.69, 9.17) is 0 Å². The highest BCUT2D eigenvalue weighted by molar-refractivity contribution is 5.96. The predicted molar refractivity (Wildman–Crippen MR) is 81.2 cm³/mol. The molecule has 0 saturated carbocycles. The van der Waals surface area contributed by atoms with Gasteiger partial charge in [0.2, 0.25) is 6.54 Å². The highest BCUT2D eigenvalue weighted by Crippen LogP contribution is 2.22. The van der Waals surface area contributed by atoms with E-state index in [1.807, 2.05) is 49.4 Å².